The molecule has 0 saturated carbocycles. The van der Waals surface area contributed by atoms with Crippen LogP contribution in [0.5, 0.6) is 0 Å². The molecule has 0 spiro atoms. The van der Waals surface area contributed by atoms with Crippen LogP contribution in [-0.2, 0) is 11.3 Å². The molecule has 130 valence electrons. The van der Waals surface area contributed by atoms with Gasteiger partial charge in [0.1, 0.15) is 0 Å². The summed E-state index contributed by atoms with van der Waals surface area (Å²) in [5.41, 5.74) is 6.57. The second-order valence-electron chi connectivity index (χ2n) is 6.23. The van der Waals surface area contributed by atoms with Gasteiger partial charge < -0.3 is 10.6 Å². The van der Waals surface area contributed by atoms with Gasteiger partial charge in [-0.1, -0.05) is 56.3 Å². The van der Waals surface area contributed by atoms with Crippen molar-refractivity contribution in [1.82, 2.24) is 4.90 Å². The van der Waals surface area contributed by atoms with Gasteiger partial charge in [-0.25, -0.2) is 0 Å². The number of carbonyl (C=O) groups excluding carboxylic acids is 1. The van der Waals surface area contributed by atoms with Gasteiger partial charge >= 0.3 is 12.1 Å². The molecule has 0 radical (unpaired) electrons. The summed E-state index contributed by atoms with van der Waals surface area (Å²) in [6, 6.07) is 12.3. The van der Waals surface area contributed by atoms with Crippen molar-refractivity contribution in [3.8, 4) is 0 Å². The highest BCUT2D eigenvalue weighted by Crippen LogP contribution is 2.24. The highest BCUT2D eigenvalue weighted by atomic mass is 19.4. The number of fused-ring (bicyclic) bond motifs is 1. The Morgan fingerprint density at radius 1 is 1.12 bits per heavy atom. The molecule has 0 aromatic heterocycles. The normalized spacial score (nSPS) is 13.3. The summed E-state index contributed by atoms with van der Waals surface area (Å²) in [5, 5.41) is 1.75. The number of nitrogens with two attached hydrogens (primary N) is 1. The lowest BCUT2D eigenvalue weighted by Crippen LogP contribution is -2.47. The first-order chi connectivity index (χ1) is 11.2. The lowest BCUT2D eigenvalue weighted by Gasteiger charge is -2.28. The molecule has 6 heteroatoms. The second-order valence-corrected chi connectivity index (χ2v) is 6.23. The van der Waals surface area contributed by atoms with Crippen molar-refractivity contribution >= 4 is 16.7 Å². The number of amides is 1. The molecule has 1 amide bonds. The minimum Gasteiger partial charge on any atom is -0.329 e. The Morgan fingerprint density at radius 3 is 2.38 bits per heavy atom. The van der Waals surface area contributed by atoms with Crippen LogP contribution >= 0.6 is 0 Å². The SMILES string of the molecule is CC(C)[C@H](N)CN(Cc1cccc2ccccc12)C(=O)C(F)(F)F. The molecular weight excluding hydrogens is 317 g/mol. The van der Waals surface area contributed by atoms with E-state index in [4.69, 9.17) is 5.73 Å². The highest BCUT2D eigenvalue weighted by molar-refractivity contribution is 5.87. The number of halogens is 3. The number of carbonyl (C=O) groups is 1. The van der Waals surface area contributed by atoms with E-state index in [0.717, 1.165) is 15.7 Å². The Hall–Kier alpha value is -2.08. The molecule has 3 nitrogen and oxygen atoms in total. The number of benzene rings is 2. The predicted molar refractivity (Wildman–Crippen MR) is 88.2 cm³/mol. The minimum atomic E-state index is -4.92. The van der Waals surface area contributed by atoms with Gasteiger partial charge in [0.2, 0.25) is 0 Å². The summed E-state index contributed by atoms with van der Waals surface area (Å²) in [5.74, 6) is -1.88. The Bertz CT molecular complexity index is 707. The van der Waals surface area contributed by atoms with E-state index in [2.05, 4.69) is 0 Å². The Labute approximate surface area is 139 Å². The second kappa shape index (κ2) is 7.21. The molecule has 0 aliphatic heterocycles. The molecule has 24 heavy (non-hydrogen) atoms. The molecule has 0 aliphatic carbocycles. The average Bonchev–Trinajstić information content (AvgIpc) is 2.52. The van der Waals surface area contributed by atoms with Crippen LogP contribution in [-0.4, -0.2) is 29.6 Å². The van der Waals surface area contributed by atoms with Crippen LogP contribution in [0.2, 0.25) is 0 Å². The van der Waals surface area contributed by atoms with E-state index < -0.39 is 18.1 Å². The lowest BCUT2D eigenvalue weighted by atomic mass is 10.0. The van der Waals surface area contributed by atoms with Crippen molar-refractivity contribution in [2.45, 2.75) is 32.6 Å². The van der Waals surface area contributed by atoms with Gasteiger partial charge in [-0.15, -0.1) is 0 Å². The first-order valence-corrected chi connectivity index (χ1v) is 7.78. The highest BCUT2D eigenvalue weighted by Gasteiger charge is 2.43. The van der Waals surface area contributed by atoms with Crippen LogP contribution in [0.1, 0.15) is 19.4 Å². The van der Waals surface area contributed by atoms with E-state index in [1.165, 1.54) is 0 Å². The van der Waals surface area contributed by atoms with E-state index in [9.17, 15) is 18.0 Å². The Kier molecular flexibility index (Phi) is 5.49. The molecule has 2 rings (SSSR count). The summed E-state index contributed by atoms with van der Waals surface area (Å²) in [6.07, 6.45) is -4.92. The molecule has 0 aliphatic rings. The van der Waals surface area contributed by atoms with Crippen LogP contribution < -0.4 is 5.73 Å². The van der Waals surface area contributed by atoms with E-state index >= 15 is 0 Å². The van der Waals surface area contributed by atoms with Gasteiger partial charge in [0.15, 0.2) is 0 Å². The van der Waals surface area contributed by atoms with E-state index in [-0.39, 0.29) is 19.0 Å². The predicted octanol–water partition coefficient (Wildman–Crippen LogP) is 3.71. The largest absolute Gasteiger partial charge is 0.471 e. The summed E-state index contributed by atoms with van der Waals surface area (Å²) >= 11 is 0. The minimum absolute atomic E-state index is 0.0268. The maximum atomic E-state index is 12.9. The maximum absolute atomic E-state index is 12.9. The third kappa shape index (κ3) is 4.26. The van der Waals surface area contributed by atoms with E-state index in [1.54, 1.807) is 12.1 Å². The van der Waals surface area contributed by atoms with Crippen molar-refractivity contribution < 1.29 is 18.0 Å². The Morgan fingerprint density at radius 2 is 1.75 bits per heavy atom. The van der Waals surface area contributed by atoms with Crippen LogP contribution in [0.4, 0.5) is 13.2 Å². The van der Waals surface area contributed by atoms with E-state index in [0.29, 0.717) is 5.56 Å². The van der Waals surface area contributed by atoms with Crippen molar-refractivity contribution in [2.75, 3.05) is 6.54 Å². The number of hydrogen-bond acceptors (Lipinski definition) is 2. The fraction of sp³-hybridized carbons (Fsp3) is 0.389. The van der Waals surface area contributed by atoms with Crippen LogP contribution in [0, 0.1) is 5.92 Å². The summed E-state index contributed by atoms with van der Waals surface area (Å²) in [7, 11) is 0. The summed E-state index contributed by atoms with van der Waals surface area (Å²) < 4.78 is 38.8. The maximum Gasteiger partial charge on any atom is 0.471 e. The molecule has 2 aromatic rings. The zero-order valence-electron chi connectivity index (χ0n) is 13.7. The lowest BCUT2D eigenvalue weighted by molar-refractivity contribution is -0.186. The number of nitrogens with zero attached hydrogens (tertiary/aromatic N) is 1. The van der Waals surface area contributed by atoms with Gasteiger partial charge in [0, 0.05) is 19.1 Å². The monoisotopic (exact) mass is 338 g/mol. The standard InChI is InChI=1S/C18H21F3N2O/c1-12(2)16(22)11-23(17(24)18(19,20)21)10-14-8-5-7-13-6-3-4-9-15(13)14/h3-9,12,16H,10-11,22H2,1-2H3/t16-/m1/s1. The third-order valence-corrected chi connectivity index (χ3v) is 4.06. The van der Waals surface area contributed by atoms with Gasteiger partial charge in [0.25, 0.3) is 0 Å². The first-order valence-electron chi connectivity index (χ1n) is 7.78. The molecule has 0 bridgehead atoms. The molecule has 0 unspecified atom stereocenters. The van der Waals surface area contributed by atoms with Gasteiger partial charge in [-0.05, 0) is 22.3 Å². The zero-order chi connectivity index (χ0) is 17.9. The van der Waals surface area contributed by atoms with Gasteiger partial charge in [0.05, 0.1) is 0 Å². The topological polar surface area (TPSA) is 46.3 Å². The fourth-order valence-electron chi connectivity index (χ4n) is 2.50. The van der Waals surface area contributed by atoms with Crippen LogP contribution in [0.15, 0.2) is 42.5 Å². The molecule has 1 atom stereocenters. The number of rotatable bonds is 5. The number of hydrogen-bond donors (Lipinski definition) is 1. The number of alkyl halides is 3. The molecule has 2 N–H and O–H groups in total. The average molecular weight is 338 g/mol. The quantitative estimate of drug-likeness (QED) is 0.903. The Balaban J connectivity index is 2.34. The third-order valence-electron chi connectivity index (χ3n) is 4.06. The smallest absolute Gasteiger partial charge is 0.329 e. The fourth-order valence-corrected chi connectivity index (χ4v) is 2.50. The zero-order valence-corrected chi connectivity index (χ0v) is 13.7. The van der Waals surface area contributed by atoms with Gasteiger partial charge in [-0.2, -0.15) is 13.2 Å². The summed E-state index contributed by atoms with van der Waals surface area (Å²) in [6.45, 7) is 3.37. The molecule has 2 aromatic carbocycles. The molecule has 0 fully saturated rings. The van der Waals surface area contributed by atoms with Crippen molar-refractivity contribution in [1.29, 1.82) is 0 Å². The first kappa shape index (κ1) is 18.3. The van der Waals surface area contributed by atoms with Crippen molar-refractivity contribution in [3.05, 3.63) is 48.0 Å². The van der Waals surface area contributed by atoms with E-state index in [1.807, 2.05) is 44.2 Å². The molecular formula is C18H21F3N2O. The van der Waals surface area contributed by atoms with Gasteiger partial charge in [-0.3, -0.25) is 4.79 Å². The summed E-state index contributed by atoms with van der Waals surface area (Å²) in [4.78, 5) is 12.6. The van der Waals surface area contributed by atoms with Crippen molar-refractivity contribution in [2.24, 2.45) is 11.7 Å². The van der Waals surface area contributed by atoms with Crippen LogP contribution in [0.25, 0.3) is 10.8 Å². The van der Waals surface area contributed by atoms with Crippen molar-refractivity contribution in [3.63, 3.8) is 0 Å². The molecule has 0 heterocycles. The van der Waals surface area contributed by atoms with Crippen LogP contribution in [0.3, 0.4) is 0 Å². The molecule has 0 saturated heterocycles.